The summed E-state index contributed by atoms with van der Waals surface area (Å²) < 4.78 is 1.72. The van der Waals surface area contributed by atoms with Gasteiger partial charge in [0.05, 0.1) is 0 Å². The number of hydrogen-bond donors (Lipinski definition) is 2. The van der Waals surface area contributed by atoms with E-state index >= 15 is 0 Å². The van der Waals surface area contributed by atoms with Gasteiger partial charge < -0.3 is 10.6 Å². The lowest BCUT2D eigenvalue weighted by atomic mass is 10.3. The van der Waals surface area contributed by atoms with Gasteiger partial charge in [0.25, 0.3) is 0 Å². The zero-order valence-electron chi connectivity index (χ0n) is 9.45. The minimum Gasteiger partial charge on any atom is -0.368 e. The van der Waals surface area contributed by atoms with Crippen molar-refractivity contribution in [3.8, 4) is 0 Å². The van der Waals surface area contributed by atoms with Gasteiger partial charge in [-0.15, -0.1) is 0 Å². The van der Waals surface area contributed by atoms with Crippen LogP contribution in [0.15, 0.2) is 12.3 Å². The van der Waals surface area contributed by atoms with Crippen LogP contribution in [0.5, 0.6) is 0 Å². The number of nitrogens with zero attached hydrogens (tertiary/aromatic N) is 2. The van der Waals surface area contributed by atoms with Gasteiger partial charge in [-0.1, -0.05) is 0 Å². The molecular weight excluding hydrogens is 192 g/mol. The number of anilines is 1. The highest BCUT2D eigenvalue weighted by Crippen LogP contribution is 2.00. The fourth-order valence-corrected chi connectivity index (χ4v) is 1.21. The maximum atomic E-state index is 11.3. The Balaban J connectivity index is 2.19. The van der Waals surface area contributed by atoms with Gasteiger partial charge in [-0.3, -0.25) is 9.48 Å². The maximum absolute atomic E-state index is 11.3. The molecule has 0 bridgehead atoms. The molecule has 0 aliphatic rings. The molecule has 0 saturated carbocycles. The normalized spacial score (nSPS) is 10.4. The Morgan fingerprint density at radius 3 is 2.87 bits per heavy atom. The van der Waals surface area contributed by atoms with Crippen LogP contribution in [0.1, 0.15) is 20.3 Å². The van der Waals surface area contributed by atoms with Crippen molar-refractivity contribution in [1.29, 1.82) is 0 Å². The molecule has 1 aromatic rings. The molecule has 5 heteroatoms. The first-order chi connectivity index (χ1) is 7.08. The fourth-order valence-electron chi connectivity index (χ4n) is 1.21. The summed E-state index contributed by atoms with van der Waals surface area (Å²) in [5.74, 6) is 0.864. The highest BCUT2D eigenvalue weighted by Gasteiger charge is 2.02. The monoisotopic (exact) mass is 210 g/mol. The van der Waals surface area contributed by atoms with Gasteiger partial charge in [0.1, 0.15) is 5.82 Å². The molecule has 15 heavy (non-hydrogen) atoms. The van der Waals surface area contributed by atoms with E-state index in [1.54, 1.807) is 4.68 Å². The van der Waals surface area contributed by atoms with E-state index in [4.69, 9.17) is 0 Å². The van der Waals surface area contributed by atoms with Crippen LogP contribution < -0.4 is 10.6 Å². The van der Waals surface area contributed by atoms with E-state index < -0.39 is 0 Å². The van der Waals surface area contributed by atoms with Crippen LogP contribution in [0.4, 0.5) is 5.82 Å². The summed E-state index contributed by atoms with van der Waals surface area (Å²) in [7, 11) is 1.86. The number of amides is 1. The van der Waals surface area contributed by atoms with Crippen molar-refractivity contribution in [2.45, 2.75) is 26.3 Å². The Kier molecular flexibility index (Phi) is 4.15. The van der Waals surface area contributed by atoms with Gasteiger partial charge in [0.2, 0.25) is 5.91 Å². The van der Waals surface area contributed by atoms with Crippen LogP contribution in [-0.4, -0.2) is 28.3 Å². The van der Waals surface area contributed by atoms with Gasteiger partial charge in [-0.25, -0.2) is 0 Å². The van der Waals surface area contributed by atoms with E-state index in [0.29, 0.717) is 13.0 Å². The quantitative estimate of drug-likeness (QED) is 0.754. The molecule has 1 rings (SSSR count). The number of rotatable bonds is 5. The Labute approximate surface area is 89.9 Å². The lowest BCUT2D eigenvalue weighted by molar-refractivity contribution is -0.121. The lowest BCUT2D eigenvalue weighted by Gasteiger charge is -2.08. The van der Waals surface area contributed by atoms with E-state index in [0.717, 1.165) is 5.82 Å². The van der Waals surface area contributed by atoms with E-state index in [-0.39, 0.29) is 11.9 Å². The van der Waals surface area contributed by atoms with Gasteiger partial charge in [-0.05, 0) is 13.8 Å². The zero-order valence-corrected chi connectivity index (χ0v) is 9.45. The molecule has 1 heterocycles. The molecule has 84 valence electrons. The molecular formula is C10H18N4O. The highest BCUT2D eigenvalue weighted by molar-refractivity contribution is 5.76. The first-order valence-corrected chi connectivity index (χ1v) is 5.11. The molecule has 0 fully saturated rings. The molecule has 0 spiro atoms. The van der Waals surface area contributed by atoms with Gasteiger partial charge in [0, 0.05) is 38.3 Å². The number of nitrogens with one attached hydrogen (secondary N) is 2. The second-order valence-electron chi connectivity index (χ2n) is 3.77. The maximum Gasteiger partial charge on any atom is 0.221 e. The summed E-state index contributed by atoms with van der Waals surface area (Å²) in [6.07, 6.45) is 2.32. The predicted molar refractivity (Wildman–Crippen MR) is 59.6 cm³/mol. The molecule has 0 radical (unpaired) electrons. The molecule has 0 aliphatic carbocycles. The highest BCUT2D eigenvalue weighted by atomic mass is 16.1. The van der Waals surface area contributed by atoms with Crippen molar-refractivity contribution in [3.63, 3.8) is 0 Å². The van der Waals surface area contributed by atoms with E-state index in [9.17, 15) is 4.79 Å². The molecule has 5 nitrogen and oxygen atoms in total. The minimum absolute atomic E-state index is 0.0634. The van der Waals surface area contributed by atoms with Crippen molar-refractivity contribution in [2.24, 2.45) is 7.05 Å². The SMILES string of the molecule is CC(C)NC(=O)CCNc1ccn(C)n1. The third-order valence-electron chi connectivity index (χ3n) is 1.82. The van der Waals surface area contributed by atoms with Gasteiger partial charge in [-0.2, -0.15) is 5.10 Å². The zero-order chi connectivity index (χ0) is 11.3. The van der Waals surface area contributed by atoms with Crippen LogP contribution >= 0.6 is 0 Å². The van der Waals surface area contributed by atoms with Crippen LogP contribution in [0.3, 0.4) is 0 Å². The largest absolute Gasteiger partial charge is 0.368 e. The van der Waals surface area contributed by atoms with Crippen molar-refractivity contribution in [2.75, 3.05) is 11.9 Å². The van der Waals surface area contributed by atoms with Crippen LogP contribution in [0.25, 0.3) is 0 Å². The van der Waals surface area contributed by atoms with Crippen molar-refractivity contribution < 1.29 is 4.79 Å². The third kappa shape index (κ3) is 4.49. The smallest absolute Gasteiger partial charge is 0.221 e. The Morgan fingerprint density at radius 1 is 1.60 bits per heavy atom. The first-order valence-electron chi connectivity index (χ1n) is 5.11. The van der Waals surface area contributed by atoms with Gasteiger partial charge in [0.15, 0.2) is 0 Å². The average molecular weight is 210 g/mol. The van der Waals surface area contributed by atoms with Crippen LogP contribution in [0, 0.1) is 0 Å². The molecule has 2 N–H and O–H groups in total. The Hall–Kier alpha value is -1.52. The summed E-state index contributed by atoms with van der Waals surface area (Å²) in [5.41, 5.74) is 0. The summed E-state index contributed by atoms with van der Waals surface area (Å²) in [4.78, 5) is 11.3. The van der Waals surface area contributed by atoms with Crippen LogP contribution in [-0.2, 0) is 11.8 Å². The molecule has 0 saturated heterocycles. The van der Waals surface area contributed by atoms with E-state index in [1.807, 2.05) is 33.2 Å². The molecule has 0 unspecified atom stereocenters. The van der Waals surface area contributed by atoms with Crippen molar-refractivity contribution in [3.05, 3.63) is 12.3 Å². The number of hydrogen-bond acceptors (Lipinski definition) is 3. The minimum atomic E-state index is 0.0634. The van der Waals surface area contributed by atoms with E-state index in [2.05, 4.69) is 15.7 Å². The molecule has 1 amide bonds. The lowest BCUT2D eigenvalue weighted by Crippen LogP contribution is -2.31. The predicted octanol–water partition coefficient (Wildman–Crippen LogP) is 0.747. The summed E-state index contributed by atoms with van der Waals surface area (Å²) >= 11 is 0. The molecule has 0 atom stereocenters. The van der Waals surface area contributed by atoms with Crippen molar-refractivity contribution in [1.82, 2.24) is 15.1 Å². The molecule has 0 aromatic carbocycles. The number of carbonyl (C=O) groups excluding carboxylic acids is 1. The second-order valence-corrected chi connectivity index (χ2v) is 3.77. The standard InChI is InChI=1S/C10H18N4O/c1-8(2)12-10(15)4-6-11-9-5-7-14(3)13-9/h5,7-8H,4,6H2,1-3H3,(H,11,13)(H,12,15). The van der Waals surface area contributed by atoms with Crippen LogP contribution in [0.2, 0.25) is 0 Å². The third-order valence-corrected chi connectivity index (χ3v) is 1.82. The Bertz CT molecular complexity index is 319. The summed E-state index contributed by atoms with van der Waals surface area (Å²) in [6.45, 7) is 4.50. The number of carbonyl (C=O) groups is 1. The topological polar surface area (TPSA) is 59.0 Å². The fraction of sp³-hybridized carbons (Fsp3) is 0.600. The number of aromatic nitrogens is 2. The first kappa shape index (κ1) is 11.6. The second kappa shape index (κ2) is 5.38. The molecule has 0 aliphatic heterocycles. The average Bonchev–Trinajstić information content (AvgIpc) is 2.50. The Morgan fingerprint density at radius 2 is 2.33 bits per heavy atom. The number of aryl methyl sites for hydroxylation is 1. The van der Waals surface area contributed by atoms with E-state index in [1.165, 1.54) is 0 Å². The summed E-state index contributed by atoms with van der Waals surface area (Å²) in [5, 5.41) is 10.0. The van der Waals surface area contributed by atoms with Gasteiger partial charge >= 0.3 is 0 Å². The summed E-state index contributed by atoms with van der Waals surface area (Å²) in [6, 6.07) is 2.08. The molecule has 1 aromatic heterocycles. The van der Waals surface area contributed by atoms with Crippen molar-refractivity contribution >= 4 is 11.7 Å².